The van der Waals surface area contributed by atoms with E-state index in [0.29, 0.717) is 11.7 Å². The molecule has 21 heavy (non-hydrogen) atoms. The molecule has 4 heteroatoms. The van der Waals surface area contributed by atoms with Crippen molar-refractivity contribution in [1.29, 1.82) is 0 Å². The molecule has 0 heterocycles. The Morgan fingerprint density at radius 3 is 2.24 bits per heavy atom. The molecule has 0 radical (unpaired) electrons. The van der Waals surface area contributed by atoms with Gasteiger partial charge in [0, 0.05) is 28.3 Å². The summed E-state index contributed by atoms with van der Waals surface area (Å²) in [5, 5.41) is 3.26. The van der Waals surface area contributed by atoms with Crippen LogP contribution in [-0.4, -0.2) is 28.9 Å². The fourth-order valence-electron chi connectivity index (χ4n) is 2.03. The van der Waals surface area contributed by atoms with Gasteiger partial charge in [-0.1, -0.05) is 26.0 Å². The molecule has 2 unspecified atom stereocenters. The zero-order valence-electron chi connectivity index (χ0n) is 13.9. The lowest BCUT2D eigenvalue weighted by molar-refractivity contribution is 0.242. The van der Waals surface area contributed by atoms with E-state index in [2.05, 4.69) is 31.3 Å². The Hall–Kier alpha value is -0.870. The topological polar surface area (TPSA) is 38.3 Å². The van der Waals surface area contributed by atoms with Gasteiger partial charge in [0.1, 0.15) is 5.75 Å². The largest absolute Gasteiger partial charge is 0.491 e. The number of ether oxygens (including phenoxy) is 1. The SMILES string of the molecule is CNC(CS(=O)CCC(C)C)c1ccc(OC(C)C)cc1. The minimum Gasteiger partial charge on any atom is -0.491 e. The van der Waals surface area contributed by atoms with Gasteiger partial charge in [0.25, 0.3) is 0 Å². The summed E-state index contributed by atoms with van der Waals surface area (Å²) in [5.74, 6) is 2.93. The number of benzene rings is 1. The van der Waals surface area contributed by atoms with Crippen molar-refractivity contribution in [3.63, 3.8) is 0 Å². The highest BCUT2D eigenvalue weighted by Gasteiger charge is 2.13. The van der Waals surface area contributed by atoms with E-state index in [0.717, 1.165) is 23.5 Å². The molecule has 0 aliphatic rings. The monoisotopic (exact) mass is 311 g/mol. The summed E-state index contributed by atoms with van der Waals surface area (Å²) < 4.78 is 17.8. The average molecular weight is 311 g/mol. The van der Waals surface area contributed by atoms with Crippen LogP contribution in [0.4, 0.5) is 0 Å². The first-order valence-electron chi connectivity index (χ1n) is 7.71. The third-order valence-corrected chi connectivity index (χ3v) is 4.67. The van der Waals surface area contributed by atoms with E-state index in [1.807, 2.05) is 33.0 Å². The van der Waals surface area contributed by atoms with Gasteiger partial charge in [0.05, 0.1) is 6.10 Å². The van der Waals surface area contributed by atoms with Crippen LogP contribution >= 0.6 is 0 Å². The number of rotatable bonds is 9. The molecule has 0 fully saturated rings. The Morgan fingerprint density at radius 2 is 1.76 bits per heavy atom. The second-order valence-corrected chi connectivity index (χ2v) is 7.69. The Labute approximate surface area is 131 Å². The molecule has 0 saturated carbocycles. The molecular weight excluding hydrogens is 282 g/mol. The van der Waals surface area contributed by atoms with Crippen molar-refractivity contribution in [2.24, 2.45) is 5.92 Å². The van der Waals surface area contributed by atoms with Crippen molar-refractivity contribution < 1.29 is 8.95 Å². The zero-order chi connectivity index (χ0) is 15.8. The fraction of sp³-hybridized carbons (Fsp3) is 0.647. The Bertz CT molecular complexity index is 429. The Balaban J connectivity index is 2.61. The fourth-order valence-corrected chi connectivity index (χ4v) is 3.67. The Morgan fingerprint density at radius 1 is 1.14 bits per heavy atom. The lowest BCUT2D eigenvalue weighted by Gasteiger charge is -2.17. The van der Waals surface area contributed by atoms with Gasteiger partial charge in [-0.3, -0.25) is 4.21 Å². The highest BCUT2D eigenvalue weighted by atomic mass is 32.2. The van der Waals surface area contributed by atoms with Gasteiger partial charge in [-0.25, -0.2) is 0 Å². The first-order chi connectivity index (χ1) is 9.92. The lowest BCUT2D eigenvalue weighted by atomic mass is 10.1. The van der Waals surface area contributed by atoms with E-state index in [1.165, 1.54) is 0 Å². The second-order valence-electron chi connectivity index (χ2n) is 6.07. The van der Waals surface area contributed by atoms with Crippen LogP contribution < -0.4 is 10.1 Å². The third-order valence-electron chi connectivity index (χ3n) is 3.28. The van der Waals surface area contributed by atoms with Crippen LogP contribution in [0.25, 0.3) is 0 Å². The van der Waals surface area contributed by atoms with Gasteiger partial charge in [0.15, 0.2) is 0 Å². The maximum Gasteiger partial charge on any atom is 0.119 e. The van der Waals surface area contributed by atoms with Crippen molar-refractivity contribution >= 4 is 10.8 Å². The van der Waals surface area contributed by atoms with Crippen molar-refractivity contribution in [2.75, 3.05) is 18.6 Å². The first-order valence-corrected chi connectivity index (χ1v) is 9.20. The van der Waals surface area contributed by atoms with Gasteiger partial charge in [0.2, 0.25) is 0 Å². The summed E-state index contributed by atoms with van der Waals surface area (Å²) in [6, 6.07) is 8.20. The van der Waals surface area contributed by atoms with Crippen LogP contribution in [0.2, 0.25) is 0 Å². The first kappa shape index (κ1) is 18.2. The predicted octanol–water partition coefficient (Wildman–Crippen LogP) is 3.53. The summed E-state index contributed by atoms with van der Waals surface area (Å²) in [6.45, 7) is 8.37. The molecule has 0 spiro atoms. The minimum atomic E-state index is -0.779. The van der Waals surface area contributed by atoms with Crippen LogP contribution in [0, 0.1) is 5.92 Å². The van der Waals surface area contributed by atoms with Gasteiger partial charge < -0.3 is 10.1 Å². The van der Waals surface area contributed by atoms with E-state index in [1.54, 1.807) is 0 Å². The third kappa shape index (κ3) is 7.09. The number of nitrogens with one attached hydrogen (secondary N) is 1. The summed E-state index contributed by atoms with van der Waals surface area (Å²) in [5.41, 5.74) is 1.16. The lowest BCUT2D eigenvalue weighted by Crippen LogP contribution is -2.24. The quantitative estimate of drug-likeness (QED) is 0.758. The second kappa shape index (κ2) is 9.21. The van der Waals surface area contributed by atoms with Gasteiger partial charge in [-0.05, 0) is 50.9 Å². The van der Waals surface area contributed by atoms with Crippen molar-refractivity contribution in [3.8, 4) is 5.75 Å². The highest BCUT2D eigenvalue weighted by molar-refractivity contribution is 7.85. The van der Waals surface area contributed by atoms with Crippen LogP contribution in [0.15, 0.2) is 24.3 Å². The van der Waals surface area contributed by atoms with Gasteiger partial charge >= 0.3 is 0 Å². The Kier molecular flexibility index (Phi) is 7.97. The molecule has 0 bridgehead atoms. The maximum absolute atomic E-state index is 12.1. The molecule has 0 amide bonds. The van der Waals surface area contributed by atoms with E-state index in [4.69, 9.17) is 4.74 Å². The van der Waals surface area contributed by atoms with E-state index >= 15 is 0 Å². The minimum absolute atomic E-state index is 0.131. The maximum atomic E-state index is 12.1. The van der Waals surface area contributed by atoms with Crippen LogP contribution in [-0.2, 0) is 10.8 Å². The number of hydrogen-bond acceptors (Lipinski definition) is 3. The molecule has 1 N–H and O–H groups in total. The van der Waals surface area contributed by atoms with E-state index in [-0.39, 0.29) is 12.1 Å². The molecule has 0 aliphatic carbocycles. The summed E-state index contributed by atoms with van der Waals surface area (Å²) in [4.78, 5) is 0. The molecule has 120 valence electrons. The van der Waals surface area contributed by atoms with Gasteiger partial charge in [-0.2, -0.15) is 0 Å². The van der Waals surface area contributed by atoms with Crippen LogP contribution in [0.1, 0.15) is 45.7 Å². The van der Waals surface area contributed by atoms with Crippen LogP contribution in [0.3, 0.4) is 0 Å². The zero-order valence-corrected chi connectivity index (χ0v) is 14.7. The van der Waals surface area contributed by atoms with Crippen molar-refractivity contribution in [2.45, 2.75) is 46.3 Å². The molecule has 1 aromatic rings. The van der Waals surface area contributed by atoms with E-state index in [9.17, 15) is 4.21 Å². The average Bonchev–Trinajstić information content (AvgIpc) is 2.43. The summed E-state index contributed by atoms with van der Waals surface area (Å²) in [6.07, 6.45) is 1.20. The molecule has 3 nitrogen and oxygen atoms in total. The molecule has 1 aromatic carbocycles. The van der Waals surface area contributed by atoms with E-state index < -0.39 is 10.8 Å². The standard InChI is InChI=1S/C17H29NO2S/c1-13(2)10-11-21(19)12-17(18-5)15-6-8-16(9-7-15)20-14(3)4/h6-9,13-14,17-18H,10-12H2,1-5H3. The van der Waals surface area contributed by atoms with Crippen LogP contribution in [0.5, 0.6) is 5.75 Å². The molecule has 2 atom stereocenters. The predicted molar refractivity (Wildman–Crippen MR) is 91.3 cm³/mol. The van der Waals surface area contributed by atoms with Gasteiger partial charge in [-0.15, -0.1) is 0 Å². The molecule has 0 aromatic heterocycles. The number of hydrogen-bond donors (Lipinski definition) is 1. The molecule has 0 saturated heterocycles. The van der Waals surface area contributed by atoms with Crippen molar-refractivity contribution in [3.05, 3.63) is 29.8 Å². The molecule has 0 aliphatic heterocycles. The molecule has 1 rings (SSSR count). The summed E-state index contributed by atoms with van der Waals surface area (Å²) >= 11 is 0. The summed E-state index contributed by atoms with van der Waals surface area (Å²) in [7, 11) is 1.14. The highest BCUT2D eigenvalue weighted by Crippen LogP contribution is 2.19. The molecular formula is C17H29NO2S. The van der Waals surface area contributed by atoms with Crippen molar-refractivity contribution in [1.82, 2.24) is 5.32 Å². The smallest absolute Gasteiger partial charge is 0.119 e. The normalized spacial score (nSPS) is 14.4.